The number of aryl methyl sites for hydroxylation is 1. The van der Waals surface area contributed by atoms with Crippen LogP contribution in [0, 0.1) is 0 Å². The summed E-state index contributed by atoms with van der Waals surface area (Å²) in [6.45, 7) is 3.61. The maximum absolute atomic E-state index is 10.5. The molecule has 0 aliphatic heterocycles. The second-order valence-electron chi connectivity index (χ2n) is 3.62. The molecule has 0 aliphatic rings. The minimum absolute atomic E-state index is 0.181. The molecule has 0 saturated carbocycles. The predicted octanol–water partition coefficient (Wildman–Crippen LogP) is 3.01. The van der Waals surface area contributed by atoms with Gasteiger partial charge < -0.3 is 9.84 Å². The smallest absolute Gasteiger partial charge is 0.334 e. The molecule has 3 heteroatoms. The van der Waals surface area contributed by atoms with Gasteiger partial charge in [0.15, 0.2) is 0 Å². The Balaban J connectivity index is 2.70. The Morgan fingerprint density at radius 2 is 2.25 bits per heavy atom. The molecule has 1 aromatic carbocycles. The van der Waals surface area contributed by atoms with Crippen LogP contribution in [0.3, 0.4) is 0 Å². The molecular formula is C13H16O3. The van der Waals surface area contributed by atoms with Crippen molar-refractivity contribution in [2.45, 2.75) is 26.7 Å². The molecule has 0 unspecified atom stereocenters. The zero-order valence-corrected chi connectivity index (χ0v) is 9.56. The maximum atomic E-state index is 10.5. The van der Waals surface area contributed by atoms with Gasteiger partial charge in [-0.15, -0.1) is 0 Å². The summed E-state index contributed by atoms with van der Waals surface area (Å²) in [4.78, 5) is 10.5. The lowest BCUT2D eigenvalue weighted by molar-refractivity contribution is -0.132. The van der Waals surface area contributed by atoms with Crippen LogP contribution in [0.4, 0.5) is 0 Å². The van der Waals surface area contributed by atoms with E-state index in [0.29, 0.717) is 5.75 Å². The number of hydrogen-bond acceptors (Lipinski definition) is 2. The third-order valence-electron chi connectivity index (χ3n) is 2.15. The van der Waals surface area contributed by atoms with Gasteiger partial charge in [0.25, 0.3) is 0 Å². The minimum Gasteiger partial charge on any atom is -0.478 e. The summed E-state index contributed by atoms with van der Waals surface area (Å²) >= 11 is 0. The monoisotopic (exact) mass is 220 g/mol. The van der Waals surface area contributed by atoms with Gasteiger partial charge in [0.05, 0.1) is 5.57 Å². The fourth-order valence-electron chi connectivity index (χ4n) is 1.27. The van der Waals surface area contributed by atoms with Crippen molar-refractivity contribution < 1.29 is 14.6 Å². The summed E-state index contributed by atoms with van der Waals surface area (Å²) in [6, 6.07) is 7.67. The average molecular weight is 220 g/mol. The number of rotatable bonds is 5. The number of ether oxygens (including phenoxy) is 1. The summed E-state index contributed by atoms with van der Waals surface area (Å²) < 4.78 is 5.27. The van der Waals surface area contributed by atoms with Crippen LogP contribution >= 0.6 is 0 Å². The topological polar surface area (TPSA) is 46.5 Å². The Bertz CT molecular complexity index is 394. The van der Waals surface area contributed by atoms with E-state index in [0.717, 1.165) is 12.8 Å². The lowest BCUT2D eigenvalue weighted by atomic mass is 10.1. The first-order valence-corrected chi connectivity index (χ1v) is 5.29. The zero-order chi connectivity index (χ0) is 12.0. The largest absolute Gasteiger partial charge is 0.478 e. The van der Waals surface area contributed by atoms with Crippen LogP contribution in [0.1, 0.15) is 25.8 Å². The van der Waals surface area contributed by atoms with Crippen LogP contribution in [0.2, 0.25) is 0 Å². The van der Waals surface area contributed by atoms with Gasteiger partial charge in [-0.25, -0.2) is 4.79 Å². The Labute approximate surface area is 95.4 Å². The van der Waals surface area contributed by atoms with E-state index in [9.17, 15) is 4.79 Å². The number of carboxylic acid groups (broad SMARTS) is 1. The van der Waals surface area contributed by atoms with Gasteiger partial charge in [-0.05, 0) is 31.0 Å². The highest BCUT2D eigenvalue weighted by Gasteiger charge is 2.00. The molecule has 0 aromatic heterocycles. The van der Waals surface area contributed by atoms with Gasteiger partial charge in [-0.2, -0.15) is 0 Å². The van der Waals surface area contributed by atoms with Gasteiger partial charge in [-0.3, -0.25) is 0 Å². The van der Waals surface area contributed by atoms with Crippen molar-refractivity contribution in [3.8, 4) is 5.75 Å². The van der Waals surface area contributed by atoms with Crippen molar-refractivity contribution in [3.63, 3.8) is 0 Å². The zero-order valence-electron chi connectivity index (χ0n) is 9.56. The van der Waals surface area contributed by atoms with E-state index in [1.54, 1.807) is 0 Å². The first kappa shape index (κ1) is 12.3. The first-order chi connectivity index (χ1) is 7.63. The van der Waals surface area contributed by atoms with Gasteiger partial charge in [-0.1, -0.05) is 25.5 Å². The van der Waals surface area contributed by atoms with Crippen LogP contribution in [-0.4, -0.2) is 11.1 Å². The highest BCUT2D eigenvalue weighted by Crippen LogP contribution is 2.15. The van der Waals surface area contributed by atoms with Crippen molar-refractivity contribution >= 4 is 5.97 Å². The van der Waals surface area contributed by atoms with E-state index in [-0.39, 0.29) is 5.57 Å². The van der Waals surface area contributed by atoms with E-state index >= 15 is 0 Å². The molecule has 0 amide bonds. The normalized spacial score (nSPS) is 11.2. The minimum atomic E-state index is -0.968. The number of carboxylic acids is 1. The molecule has 0 aliphatic carbocycles. The molecule has 3 nitrogen and oxygen atoms in total. The standard InChI is InChI=1S/C13H16O3/c1-3-5-11-6-4-7-12(8-11)16-9-10(2)13(14)15/h4,6-9H,3,5H2,1-2H3,(H,14,15). The Hall–Kier alpha value is -1.77. The summed E-state index contributed by atoms with van der Waals surface area (Å²) in [5.74, 6) is -0.295. The third kappa shape index (κ3) is 3.77. The molecule has 86 valence electrons. The molecule has 0 fully saturated rings. The Morgan fingerprint density at radius 1 is 1.50 bits per heavy atom. The van der Waals surface area contributed by atoms with E-state index in [2.05, 4.69) is 6.92 Å². The predicted molar refractivity (Wildman–Crippen MR) is 62.5 cm³/mol. The fraction of sp³-hybridized carbons (Fsp3) is 0.308. The van der Waals surface area contributed by atoms with Crippen molar-refractivity contribution in [3.05, 3.63) is 41.7 Å². The molecule has 0 bridgehead atoms. The molecule has 1 N–H and O–H groups in total. The fourth-order valence-corrected chi connectivity index (χ4v) is 1.27. The van der Waals surface area contributed by atoms with Crippen LogP contribution in [0.15, 0.2) is 36.1 Å². The summed E-state index contributed by atoms with van der Waals surface area (Å²) in [6.07, 6.45) is 3.33. The van der Waals surface area contributed by atoms with Gasteiger partial charge >= 0.3 is 5.97 Å². The molecule has 0 atom stereocenters. The summed E-state index contributed by atoms with van der Waals surface area (Å²) in [5.41, 5.74) is 1.38. The van der Waals surface area contributed by atoms with E-state index in [1.807, 2.05) is 24.3 Å². The van der Waals surface area contributed by atoms with Crippen molar-refractivity contribution in [1.29, 1.82) is 0 Å². The highest BCUT2D eigenvalue weighted by atomic mass is 16.5. The lowest BCUT2D eigenvalue weighted by Crippen LogP contribution is -1.98. The van der Waals surface area contributed by atoms with Crippen LogP contribution in [0.5, 0.6) is 5.75 Å². The average Bonchev–Trinajstić information content (AvgIpc) is 2.26. The molecule has 16 heavy (non-hydrogen) atoms. The van der Waals surface area contributed by atoms with Gasteiger partial charge in [0.1, 0.15) is 12.0 Å². The van der Waals surface area contributed by atoms with Crippen LogP contribution < -0.4 is 4.74 Å². The Morgan fingerprint density at radius 3 is 2.88 bits per heavy atom. The van der Waals surface area contributed by atoms with E-state index in [1.165, 1.54) is 18.7 Å². The Kier molecular flexibility index (Phi) is 4.58. The summed E-state index contributed by atoms with van der Waals surface area (Å²) in [7, 11) is 0. The number of carbonyl (C=O) groups is 1. The second-order valence-corrected chi connectivity index (χ2v) is 3.62. The lowest BCUT2D eigenvalue weighted by Gasteiger charge is -2.03. The van der Waals surface area contributed by atoms with Crippen LogP contribution in [-0.2, 0) is 11.2 Å². The number of benzene rings is 1. The van der Waals surface area contributed by atoms with Crippen molar-refractivity contribution in [2.24, 2.45) is 0 Å². The molecule has 0 spiro atoms. The molecule has 0 heterocycles. The van der Waals surface area contributed by atoms with Gasteiger partial charge in [0, 0.05) is 0 Å². The summed E-state index contributed by atoms with van der Waals surface area (Å²) in [5, 5.41) is 8.65. The van der Waals surface area contributed by atoms with Crippen molar-refractivity contribution in [1.82, 2.24) is 0 Å². The van der Waals surface area contributed by atoms with E-state index in [4.69, 9.17) is 9.84 Å². The number of aliphatic carboxylic acids is 1. The maximum Gasteiger partial charge on any atom is 0.334 e. The highest BCUT2D eigenvalue weighted by molar-refractivity contribution is 5.85. The molecule has 0 radical (unpaired) electrons. The second kappa shape index (κ2) is 5.95. The SMILES string of the molecule is CCCc1cccc(OC=C(C)C(=O)O)c1. The molecule has 0 saturated heterocycles. The molecular weight excluding hydrogens is 204 g/mol. The van der Waals surface area contributed by atoms with Crippen molar-refractivity contribution in [2.75, 3.05) is 0 Å². The van der Waals surface area contributed by atoms with Gasteiger partial charge in [0.2, 0.25) is 0 Å². The first-order valence-electron chi connectivity index (χ1n) is 5.29. The molecule has 1 aromatic rings. The molecule has 1 rings (SSSR count). The van der Waals surface area contributed by atoms with Crippen LogP contribution in [0.25, 0.3) is 0 Å². The quantitative estimate of drug-likeness (QED) is 0.613. The third-order valence-corrected chi connectivity index (χ3v) is 2.15. The van der Waals surface area contributed by atoms with E-state index < -0.39 is 5.97 Å². The number of hydrogen-bond donors (Lipinski definition) is 1.